The summed E-state index contributed by atoms with van der Waals surface area (Å²) in [5.74, 6) is 1.73. The smallest absolute Gasteiger partial charge is 0.0231 e. The Bertz CT molecular complexity index is 111. The Morgan fingerprint density at radius 2 is 2.12 bits per heavy atom. The van der Waals surface area contributed by atoms with E-state index in [1.165, 1.54) is 6.42 Å². The minimum atomic E-state index is 0.829. The molecule has 0 heteroatoms. The van der Waals surface area contributed by atoms with E-state index in [0.29, 0.717) is 0 Å². The molecule has 0 heterocycles. The van der Waals surface area contributed by atoms with Gasteiger partial charge in [-0.05, 0) is 25.2 Å². The Morgan fingerprint density at radius 1 is 1.50 bits per heavy atom. The van der Waals surface area contributed by atoms with Gasteiger partial charge in [-0.1, -0.05) is 25.5 Å². The van der Waals surface area contributed by atoms with E-state index >= 15 is 0 Å². The molecule has 0 spiro atoms. The molecular weight excluding hydrogens is 96.1 g/mol. The first kappa shape index (κ1) is 5.87. The van der Waals surface area contributed by atoms with Crippen LogP contribution in [0.3, 0.4) is 0 Å². The van der Waals surface area contributed by atoms with Gasteiger partial charge >= 0.3 is 0 Å². The average Bonchev–Trinajstić information content (AvgIpc) is 1.85. The maximum Gasteiger partial charge on any atom is -0.0231 e. The number of hydrogen-bond donors (Lipinski definition) is 0. The zero-order chi connectivity index (χ0) is 6.15. The van der Waals surface area contributed by atoms with Gasteiger partial charge in [-0.25, -0.2) is 0 Å². The van der Waals surface area contributed by atoms with Crippen LogP contribution in [0.4, 0.5) is 0 Å². The van der Waals surface area contributed by atoms with Gasteiger partial charge in [0, 0.05) is 0 Å². The third-order valence-electron chi connectivity index (χ3n) is 2.09. The quantitative estimate of drug-likeness (QED) is 0.420. The predicted octanol–water partition coefficient (Wildman–Crippen LogP) is 2.61. The van der Waals surface area contributed by atoms with Crippen LogP contribution in [0.1, 0.15) is 27.2 Å². The molecule has 0 aromatic heterocycles. The second-order valence-corrected chi connectivity index (χ2v) is 3.05. The normalized spacial score (nSPS) is 37.6. The maximum atomic E-state index is 2.38. The zero-order valence-corrected chi connectivity index (χ0v) is 5.94. The SMILES string of the molecule is CC1=C[C@H](C)C(C)C1. The highest BCUT2D eigenvalue weighted by molar-refractivity contribution is 5.09. The summed E-state index contributed by atoms with van der Waals surface area (Å²) >= 11 is 0. The second-order valence-electron chi connectivity index (χ2n) is 3.05. The van der Waals surface area contributed by atoms with E-state index in [2.05, 4.69) is 26.8 Å². The first-order chi connectivity index (χ1) is 3.70. The van der Waals surface area contributed by atoms with Gasteiger partial charge in [0.1, 0.15) is 0 Å². The largest absolute Gasteiger partial charge is 0.0825 e. The Labute approximate surface area is 51.6 Å². The van der Waals surface area contributed by atoms with Crippen LogP contribution in [0.15, 0.2) is 11.6 Å². The molecule has 1 rings (SSSR count). The third kappa shape index (κ3) is 0.936. The van der Waals surface area contributed by atoms with Crippen molar-refractivity contribution in [3.8, 4) is 0 Å². The summed E-state index contributed by atoms with van der Waals surface area (Å²) < 4.78 is 0. The highest BCUT2D eigenvalue weighted by atomic mass is 14.2. The maximum absolute atomic E-state index is 2.38. The lowest BCUT2D eigenvalue weighted by Gasteiger charge is -2.05. The zero-order valence-electron chi connectivity index (χ0n) is 5.94. The van der Waals surface area contributed by atoms with Gasteiger partial charge in [0.05, 0.1) is 0 Å². The van der Waals surface area contributed by atoms with Gasteiger partial charge in [-0.2, -0.15) is 0 Å². The van der Waals surface area contributed by atoms with Crippen LogP contribution >= 0.6 is 0 Å². The third-order valence-corrected chi connectivity index (χ3v) is 2.09. The molecule has 1 aliphatic rings. The van der Waals surface area contributed by atoms with E-state index in [0.717, 1.165) is 11.8 Å². The molecule has 0 amide bonds. The molecule has 0 radical (unpaired) electrons. The van der Waals surface area contributed by atoms with E-state index in [4.69, 9.17) is 0 Å². The standard InChI is InChI=1S/C8H14/c1-6-4-7(2)8(3)5-6/h4,7-8H,5H2,1-3H3/t7-,8?/m0/s1. The predicted molar refractivity (Wildman–Crippen MR) is 36.7 cm³/mol. The van der Waals surface area contributed by atoms with Crippen LogP contribution in [0, 0.1) is 11.8 Å². The van der Waals surface area contributed by atoms with Crippen molar-refractivity contribution < 1.29 is 0 Å². The minimum Gasteiger partial charge on any atom is -0.0825 e. The van der Waals surface area contributed by atoms with Crippen molar-refractivity contribution in [1.82, 2.24) is 0 Å². The van der Waals surface area contributed by atoms with E-state index in [1.807, 2.05) is 0 Å². The molecule has 8 heavy (non-hydrogen) atoms. The van der Waals surface area contributed by atoms with Crippen molar-refractivity contribution >= 4 is 0 Å². The second kappa shape index (κ2) is 1.93. The Hall–Kier alpha value is -0.260. The minimum absolute atomic E-state index is 0.829. The van der Waals surface area contributed by atoms with E-state index in [-0.39, 0.29) is 0 Å². The molecule has 1 aliphatic carbocycles. The molecule has 0 N–H and O–H groups in total. The highest BCUT2D eigenvalue weighted by Gasteiger charge is 2.16. The molecule has 0 nitrogen and oxygen atoms in total. The molecule has 0 saturated heterocycles. The molecule has 0 saturated carbocycles. The Balaban J connectivity index is 2.56. The fourth-order valence-electron chi connectivity index (χ4n) is 1.37. The van der Waals surface area contributed by atoms with Gasteiger partial charge in [-0.3, -0.25) is 0 Å². The molecule has 46 valence electrons. The van der Waals surface area contributed by atoms with E-state index in [9.17, 15) is 0 Å². The Morgan fingerprint density at radius 3 is 2.25 bits per heavy atom. The fourth-order valence-corrected chi connectivity index (χ4v) is 1.37. The van der Waals surface area contributed by atoms with Gasteiger partial charge < -0.3 is 0 Å². The van der Waals surface area contributed by atoms with Crippen LogP contribution in [0.2, 0.25) is 0 Å². The van der Waals surface area contributed by atoms with Crippen molar-refractivity contribution in [2.45, 2.75) is 27.2 Å². The van der Waals surface area contributed by atoms with Gasteiger partial charge in [0.15, 0.2) is 0 Å². The molecular formula is C8H14. The van der Waals surface area contributed by atoms with Crippen LogP contribution < -0.4 is 0 Å². The van der Waals surface area contributed by atoms with Gasteiger partial charge in [0.2, 0.25) is 0 Å². The van der Waals surface area contributed by atoms with Gasteiger partial charge in [-0.15, -0.1) is 0 Å². The summed E-state index contributed by atoms with van der Waals surface area (Å²) in [4.78, 5) is 0. The van der Waals surface area contributed by atoms with Crippen molar-refractivity contribution in [3.63, 3.8) is 0 Å². The fraction of sp³-hybridized carbons (Fsp3) is 0.750. The summed E-state index contributed by atoms with van der Waals surface area (Å²) in [6.45, 7) is 6.83. The molecule has 0 aliphatic heterocycles. The summed E-state index contributed by atoms with van der Waals surface area (Å²) in [5, 5.41) is 0. The van der Waals surface area contributed by atoms with Crippen LogP contribution in [0.5, 0.6) is 0 Å². The summed E-state index contributed by atoms with van der Waals surface area (Å²) in [5.41, 5.74) is 1.57. The molecule has 0 bridgehead atoms. The van der Waals surface area contributed by atoms with Crippen molar-refractivity contribution in [3.05, 3.63) is 11.6 Å². The van der Waals surface area contributed by atoms with Crippen molar-refractivity contribution in [2.24, 2.45) is 11.8 Å². The van der Waals surface area contributed by atoms with E-state index < -0.39 is 0 Å². The average molecular weight is 110 g/mol. The van der Waals surface area contributed by atoms with Crippen LogP contribution in [-0.4, -0.2) is 0 Å². The Kier molecular flexibility index (Phi) is 1.41. The summed E-state index contributed by atoms with van der Waals surface area (Å²) in [7, 11) is 0. The number of rotatable bonds is 0. The lowest BCUT2D eigenvalue weighted by molar-refractivity contribution is 0.494. The lowest BCUT2D eigenvalue weighted by Crippen LogP contribution is -1.96. The van der Waals surface area contributed by atoms with Crippen molar-refractivity contribution in [2.75, 3.05) is 0 Å². The van der Waals surface area contributed by atoms with Crippen LogP contribution in [-0.2, 0) is 0 Å². The summed E-state index contributed by atoms with van der Waals surface area (Å²) in [6, 6.07) is 0. The van der Waals surface area contributed by atoms with Crippen LogP contribution in [0.25, 0.3) is 0 Å². The first-order valence-electron chi connectivity index (χ1n) is 3.37. The first-order valence-corrected chi connectivity index (χ1v) is 3.37. The number of allylic oxidation sites excluding steroid dienone is 2. The highest BCUT2D eigenvalue weighted by Crippen LogP contribution is 2.28. The monoisotopic (exact) mass is 110 g/mol. The molecule has 1 unspecified atom stereocenters. The summed E-state index contributed by atoms with van der Waals surface area (Å²) in [6.07, 6.45) is 3.70. The molecule has 2 atom stereocenters. The van der Waals surface area contributed by atoms with Crippen molar-refractivity contribution in [1.29, 1.82) is 0 Å². The molecule has 0 fully saturated rings. The van der Waals surface area contributed by atoms with E-state index in [1.54, 1.807) is 5.57 Å². The molecule has 0 aromatic carbocycles. The lowest BCUT2D eigenvalue weighted by atomic mass is 10.0. The topological polar surface area (TPSA) is 0 Å². The van der Waals surface area contributed by atoms with Gasteiger partial charge in [0.25, 0.3) is 0 Å². The molecule has 0 aromatic rings. The number of hydrogen-bond acceptors (Lipinski definition) is 0.